The van der Waals surface area contributed by atoms with Crippen LogP contribution in [0.5, 0.6) is 0 Å². The Labute approximate surface area is 147 Å². The van der Waals surface area contributed by atoms with Crippen molar-refractivity contribution in [3.8, 4) is 0 Å². The first-order valence-electron chi connectivity index (χ1n) is 8.18. The van der Waals surface area contributed by atoms with Gasteiger partial charge in [-0.1, -0.05) is 12.1 Å². The van der Waals surface area contributed by atoms with Crippen LogP contribution in [0.1, 0.15) is 26.4 Å². The van der Waals surface area contributed by atoms with Gasteiger partial charge in [-0.15, -0.1) is 11.3 Å². The maximum Gasteiger partial charge on any atom is 0.417 e. The average molecular weight is 366 g/mol. The molecule has 0 atom stereocenters. The number of fused-ring (bicyclic) bond motifs is 1. The van der Waals surface area contributed by atoms with Crippen LogP contribution in [0, 0.1) is 0 Å². The van der Waals surface area contributed by atoms with E-state index in [1.165, 1.54) is 33.5 Å². The Morgan fingerprint density at radius 1 is 1.16 bits per heavy atom. The highest BCUT2D eigenvalue weighted by atomic mass is 32.1. The number of benzene rings is 1. The molecule has 2 aliphatic heterocycles. The van der Waals surface area contributed by atoms with Crippen molar-refractivity contribution in [2.75, 3.05) is 19.6 Å². The fourth-order valence-corrected chi connectivity index (χ4v) is 4.41. The van der Waals surface area contributed by atoms with Gasteiger partial charge in [0.05, 0.1) is 11.1 Å². The molecule has 1 aromatic heterocycles. The minimum Gasteiger partial charge on any atom is -0.335 e. The van der Waals surface area contributed by atoms with Crippen molar-refractivity contribution in [3.63, 3.8) is 0 Å². The van der Waals surface area contributed by atoms with Gasteiger partial charge in [-0.2, -0.15) is 13.2 Å². The largest absolute Gasteiger partial charge is 0.417 e. The summed E-state index contributed by atoms with van der Waals surface area (Å²) in [5, 5.41) is 2.10. The fourth-order valence-electron chi connectivity index (χ4n) is 3.52. The molecule has 25 heavy (non-hydrogen) atoms. The van der Waals surface area contributed by atoms with Crippen LogP contribution in [0.15, 0.2) is 35.7 Å². The SMILES string of the molecule is O=C(c1ccccc1C(F)(F)F)N1CC(N2CCc3sccc3C2)C1. The first kappa shape index (κ1) is 16.6. The van der Waals surface area contributed by atoms with Crippen molar-refractivity contribution in [2.24, 2.45) is 0 Å². The number of alkyl halides is 3. The lowest BCUT2D eigenvalue weighted by molar-refractivity contribution is -0.138. The fraction of sp³-hybridized carbons (Fsp3) is 0.389. The summed E-state index contributed by atoms with van der Waals surface area (Å²) in [6.45, 7) is 2.79. The van der Waals surface area contributed by atoms with Gasteiger partial charge in [0.2, 0.25) is 0 Å². The number of amides is 1. The molecule has 7 heteroatoms. The van der Waals surface area contributed by atoms with Crippen molar-refractivity contribution < 1.29 is 18.0 Å². The van der Waals surface area contributed by atoms with Gasteiger partial charge in [-0.25, -0.2) is 0 Å². The van der Waals surface area contributed by atoms with Gasteiger partial charge in [0, 0.05) is 37.1 Å². The second-order valence-corrected chi connectivity index (χ2v) is 7.50. The maximum atomic E-state index is 13.1. The molecule has 4 rings (SSSR count). The second kappa shape index (κ2) is 6.14. The summed E-state index contributed by atoms with van der Waals surface area (Å²) in [4.78, 5) is 17.7. The monoisotopic (exact) mass is 366 g/mol. The maximum absolute atomic E-state index is 13.1. The number of carbonyl (C=O) groups is 1. The Hall–Kier alpha value is -1.86. The van der Waals surface area contributed by atoms with Crippen molar-refractivity contribution in [1.29, 1.82) is 0 Å². The summed E-state index contributed by atoms with van der Waals surface area (Å²) in [7, 11) is 0. The van der Waals surface area contributed by atoms with Crippen LogP contribution in [0.4, 0.5) is 13.2 Å². The molecule has 132 valence electrons. The highest BCUT2D eigenvalue weighted by Crippen LogP contribution is 2.34. The minimum atomic E-state index is -4.52. The predicted molar refractivity (Wildman–Crippen MR) is 89.6 cm³/mol. The van der Waals surface area contributed by atoms with E-state index in [1.807, 2.05) is 0 Å². The van der Waals surface area contributed by atoms with Gasteiger partial charge in [-0.05, 0) is 35.6 Å². The molecule has 1 fully saturated rings. The van der Waals surface area contributed by atoms with E-state index in [1.54, 1.807) is 11.3 Å². The summed E-state index contributed by atoms with van der Waals surface area (Å²) >= 11 is 1.77. The van der Waals surface area contributed by atoms with Crippen LogP contribution >= 0.6 is 11.3 Å². The molecule has 0 radical (unpaired) electrons. The lowest BCUT2D eigenvalue weighted by Crippen LogP contribution is -2.61. The third-order valence-electron chi connectivity index (χ3n) is 4.97. The molecule has 2 aliphatic rings. The van der Waals surface area contributed by atoms with Gasteiger partial charge >= 0.3 is 6.18 Å². The van der Waals surface area contributed by atoms with Crippen molar-refractivity contribution in [1.82, 2.24) is 9.80 Å². The second-order valence-electron chi connectivity index (χ2n) is 6.50. The third-order valence-corrected chi connectivity index (χ3v) is 5.99. The molecule has 1 aromatic carbocycles. The number of likely N-dealkylation sites (tertiary alicyclic amines) is 1. The number of hydrogen-bond acceptors (Lipinski definition) is 3. The molecule has 0 spiro atoms. The Morgan fingerprint density at radius 3 is 2.68 bits per heavy atom. The molecule has 0 aliphatic carbocycles. The lowest BCUT2D eigenvalue weighted by Gasteiger charge is -2.46. The summed E-state index contributed by atoms with van der Waals surface area (Å²) in [6.07, 6.45) is -3.51. The zero-order valence-electron chi connectivity index (χ0n) is 13.4. The van der Waals surface area contributed by atoms with E-state index >= 15 is 0 Å². The van der Waals surface area contributed by atoms with Crippen LogP contribution < -0.4 is 0 Å². The Kier molecular flexibility index (Phi) is 4.08. The van der Waals surface area contributed by atoms with Gasteiger partial charge < -0.3 is 4.90 Å². The minimum absolute atomic E-state index is 0.232. The highest BCUT2D eigenvalue weighted by Gasteiger charge is 2.40. The molecule has 0 unspecified atom stereocenters. The average Bonchev–Trinajstić information content (AvgIpc) is 3.00. The summed E-state index contributed by atoms with van der Waals surface area (Å²) in [5.41, 5.74) is 0.222. The van der Waals surface area contributed by atoms with E-state index in [2.05, 4.69) is 16.3 Å². The standard InChI is InChI=1S/C18H17F3N2OS/c19-18(20,21)15-4-2-1-3-14(15)17(24)23-10-13(11-23)22-7-5-16-12(9-22)6-8-25-16/h1-4,6,8,13H,5,7,9-11H2. The molecule has 2 aromatic rings. The third kappa shape index (κ3) is 3.06. The van der Waals surface area contributed by atoms with E-state index in [-0.39, 0.29) is 11.6 Å². The number of carbonyl (C=O) groups excluding carboxylic acids is 1. The molecule has 0 saturated carbocycles. The van der Waals surface area contributed by atoms with E-state index in [0.717, 1.165) is 25.6 Å². The molecule has 0 N–H and O–H groups in total. The van der Waals surface area contributed by atoms with Crippen LogP contribution in [0.3, 0.4) is 0 Å². The number of nitrogens with zero attached hydrogens (tertiary/aromatic N) is 2. The molecule has 1 saturated heterocycles. The van der Waals surface area contributed by atoms with Crippen LogP contribution in [0.25, 0.3) is 0 Å². The van der Waals surface area contributed by atoms with Crippen LogP contribution in [-0.4, -0.2) is 41.4 Å². The number of rotatable bonds is 2. The quantitative estimate of drug-likeness (QED) is 0.810. The van der Waals surface area contributed by atoms with E-state index < -0.39 is 17.6 Å². The van der Waals surface area contributed by atoms with Gasteiger partial charge in [-0.3, -0.25) is 9.69 Å². The molecule has 3 heterocycles. The smallest absolute Gasteiger partial charge is 0.335 e. The van der Waals surface area contributed by atoms with E-state index in [9.17, 15) is 18.0 Å². The Balaban J connectivity index is 1.42. The van der Waals surface area contributed by atoms with Gasteiger partial charge in [0.15, 0.2) is 0 Å². The van der Waals surface area contributed by atoms with Crippen molar-refractivity contribution >= 4 is 17.2 Å². The number of halogens is 3. The van der Waals surface area contributed by atoms with E-state index in [0.29, 0.717) is 13.1 Å². The number of hydrogen-bond donors (Lipinski definition) is 0. The van der Waals surface area contributed by atoms with Gasteiger partial charge in [0.1, 0.15) is 0 Å². The first-order chi connectivity index (χ1) is 11.9. The normalized spacial score (nSPS) is 18.8. The molecule has 1 amide bonds. The summed E-state index contributed by atoms with van der Waals surface area (Å²) < 4.78 is 39.3. The highest BCUT2D eigenvalue weighted by molar-refractivity contribution is 7.10. The first-order valence-corrected chi connectivity index (χ1v) is 9.06. The van der Waals surface area contributed by atoms with Crippen LogP contribution in [-0.2, 0) is 19.1 Å². The summed E-state index contributed by atoms with van der Waals surface area (Å²) in [6, 6.07) is 7.38. The molecular formula is C18H17F3N2OS. The zero-order chi connectivity index (χ0) is 17.6. The summed E-state index contributed by atoms with van der Waals surface area (Å²) in [5.74, 6) is -0.530. The predicted octanol–water partition coefficient (Wildman–Crippen LogP) is 3.65. The molecular weight excluding hydrogens is 349 g/mol. The molecule has 0 bridgehead atoms. The topological polar surface area (TPSA) is 23.6 Å². The molecule has 3 nitrogen and oxygen atoms in total. The van der Waals surface area contributed by atoms with E-state index in [4.69, 9.17) is 0 Å². The Bertz CT molecular complexity index is 796. The zero-order valence-corrected chi connectivity index (χ0v) is 14.2. The van der Waals surface area contributed by atoms with Gasteiger partial charge in [0.25, 0.3) is 5.91 Å². The Morgan fingerprint density at radius 2 is 1.92 bits per heavy atom. The van der Waals surface area contributed by atoms with Crippen LogP contribution in [0.2, 0.25) is 0 Å². The lowest BCUT2D eigenvalue weighted by atomic mass is 9.99. The van der Waals surface area contributed by atoms with Crippen molar-refractivity contribution in [3.05, 3.63) is 57.3 Å². The van der Waals surface area contributed by atoms with Crippen molar-refractivity contribution in [2.45, 2.75) is 25.2 Å². The number of thiophene rings is 1.